The van der Waals surface area contributed by atoms with Crippen molar-refractivity contribution in [3.8, 4) is 0 Å². The summed E-state index contributed by atoms with van der Waals surface area (Å²) in [5.74, 6) is -0.224. The maximum atomic E-state index is 12.0. The summed E-state index contributed by atoms with van der Waals surface area (Å²) in [4.78, 5) is 20.3. The lowest BCUT2D eigenvalue weighted by molar-refractivity contribution is 0.102. The Hall–Kier alpha value is -2.43. The van der Waals surface area contributed by atoms with Gasteiger partial charge in [0.1, 0.15) is 5.69 Å². The van der Waals surface area contributed by atoms with E-state index in [9.17, 15) is 4.79 Å². The number of pyridine rings is 2. The summed E-state index contributed by atoms with van der Waals surface area (Å²) in [6, 6.07) is 7.13. The summed E-state index contributed by atoms with van der Waals surface area (Å²) < 4.78 is 0. The van der Waals surface area contributed by atoms with Crippen LogP contribution in [0.25, 0.3) is 0 Å². The van der Waals surface area contributed by atoms with Crippen LogP contribution in [0.1, 0.15) is 29.5 Å². The van der Waals surface area contributed by atoms with Crippen LogP contribution in [0.2, 0.25) is 0 Å². The number of hydrogen-bond acceptors (Lipinski definition) is 4. The van der Waals surface area contributed by atoms with Crippen LogP contribution in [0.15, 0.2) is 36.7 Å². The molecule has 104 valence electrons. The van der Waals surface area contributed by atoms with E-state index in [2.05, 4.69) is 27.5 Å². The summed E-state index contributed by atoms with van der Waals surface area (Å²) in [6.45, 7) is 4.87. The molecule has 2 heterocycles. The van der Waals surface area contributed by atoms with Gasteiger partial charge in [-0.05, 0) is 37.6 Å². The fourth-order valence-electron chi connectivity index (χ4n) is 1.72. The van der Waals surface area contributed by atoms with Crippen molar-refractivity contribution in [2.24, 2.45) is 0 Å². The molecule has 2 N–H and O–H groups in total. The second kappa shape index (κ2) is 6.65. The van der Waals surface area contributed by atoms with Gasteiger partial charge in [0, 0.05) is 24.1 Å². The molecule has 0 saturated heterocycles. The Kier molecular flexibility index (Phi) is 4.65. The van der Waals surface area contributed by atoms with Crippen LogP contribution in [-0.2, 0) is 0 Å². The Balaban J connectivity index is 2.02. The van der Waals surface area contributed by atoms with Crippen molar-refractivity contribution < 1.29 is 4.79 Å². The molecule has 1 amide bonds. The van der Waals surface area contributed by atoms with Gasteiger partial charge in [0.05, 0.1) is 11.9 Å². The van der Waals surface area contributed by atoms with Gasteiger partial charge in [-0.1, -0.05) is 6.92 Å². The molecule has 0 radical (unpaired) electrons. The molecule has 0 atom stereocenters. The first kappa shape index (κ1) is 14.0. The molecular weight excluding hydrogens is 252 g/mol. The molecule has 2 aromatic heterocycles. The molecular formula is C15H18N4O. The van der Waals surface area contributed by atoms with Gasteiger partial charge in [0.2, 0.25) is 0 Å². The van der Waals surface area contributed by atoms with Crippen molar-refractivity contribution in [2.45, 2.75) is 20.3 Å². The van der Waals surface area contributed by atoms with Gasteiger partial charge in [-0.3, -0.25) is 9.78 Å². The van der Waals surface area contributed by atoms with Gasteiger partial charge >= 0.3 is 0 Å². The lowest BCUT2D eigenvalue weighted by atomic mass is 10.3. The molecule has 0 bridgehead atoms. The lowest BCUT2D eigenvalue weighted by Crippen LogP contribution is -2.14. The highest BCUT2D eigenvalue weighted by atomic mass is 16.1. The summed E-state index contributed by atoms with van der Waals surface area (Å²) in [5.41, 5.74) is 2.89. The first-order valence-corrected chi connectivity index (χ1v) is 6.63. The minimum atomic E-state index is -0.224. The highest BCUT2D eigenvalue weighted by molar-refractivity contribution is 6.02. The van der Waals surface area contributed by atoms with E-state index in [1.165, 1.54) is 0 Å². The zero-order chi connectivity index (χ0) is 14.4. The Labute approximate surface area is 118 Å². The summed E-state index contributed by atoms with van der Waals surface area (Å²) in [5, 5.41) is 6.01. The number of rotatable bonds is 5. The third-order valence-electron chi connectivity index (χ3n) is 2.73. The fourth-order valence-corrected chi connectivity index (χ4v) is 1.72. The van der Waals surface area contributed by atoms with Crippen LogP contribution < -0.4 is 10.6 Å². The van der Waals surface area contributed by atoms with E-state index in [0.717, 1.165) is 30.0 Å². The fraction of sp³-hybridized carbons (Fsp3) is 0.267. The Morgan fingerprint density at radius 3 is 2.70 bits per heavy atom. The average Bonchev–Trinajstić information content (AvgIpc) is 2.45. The van der Waals surface area contributed by atoms with Crippen LogP contribution in [0.4, 0.5) is 11.4 Å². The van der Waals surface area contributed by atoms with Crippen molar-refractivity contribution in [2.75, 3.05) is 17.2 Å². The molecule has 5 heteroatoms. The number of carbonyl (C=O) groups excluding carboxylic acids is 1. The molecule has 20 heavy (non-hydrogen) atoms. The summed E-state index contributed by atoms with van der Waals surface area (Å²) in [6.07, 6.45) is 4.38. The van der Waals surface area contributed by atoms with E-state index >= 15 is 0 Å². The monoisotopic (exact) mass is 270 g/mol. The van der Waals surface area contributed by atoms with E-state index in [4.69, 9.17) is 0 Å². The van der Waals surface area contributed by atoms with Crippen LogP contribution in [0, 0.1) is 6.92 Å². The second-order valence-electron chi connectivity index (χ2n) is 4.50. The predicted octanol–water partition coefficient (Wildman–Crippen LogP) is 2.86. The van der Waals surface area contributed by atoms with E-state index in [1.807, 2.05) is 19.1 Å². The first-order valence-electron chi connectivity index (χ1n) is 6.63. The third-order valence-corrected chi connectivity index (χ3v) is 2.73. The van der Waals surface area contributed by atoms with Crippen molar-refractivity contribution in [1.29, 1.82) is 0 Å². The lowest BCUT2D eigenvalue weighted by Gasteiger charge is -2.07. The average molecular weight is 270 g/mol. The highest BCUT2D eigenvalue weighted by Gasteiger charge is 2.07. The highest BCUT2D eigenvalue weighted by Crippen LogP contribution is 2.10. The second-order valence-corrected chi connectivity index (χ2v) is 4.50. The van der Waals surface area contributed by atoms with Crippen LogP contribution in [0.3, 0.4) is 0 Å². The first-order chi connectivity index (χ1) is 9.69. The largest absolute Gasteiger partial charge is 0.384 e. The zero-order valence-corrected chi connectivity index (χ0v) is 11.7. The molecule has 0 fully saturated rings. The Morgan fingerprint density at radius 2 is 2.05 bits per heavy atom. The number of anilines is 2. The number of nitrogens with zero attached hydrogens (tertiary/aromatic N) is 2. The number of hydrogen-bond donors (Lipinski definition) is 2. The minimum Gasteiger partial charge on any atom is -0.384 e. The molecule has 0 unspecified atom stereocenters. The topological polar surface area (TPSA) is 66.9 Å². The van der Waals surface area contributed by atoms with Gasteiger partial charge in [-0.15, -0.1) is 0 Å². The standard InChI is InChI=1S/C15H18N4O/c1-3-7-17-13-4-5-14(18-10-13)15(20)19-12-6-8-16-11(2)9-12/h4-6,8-10,17H,3,7H2,1-2H3,(H,16,19,20). The number of aryl methyl sites for hydroxylation is 1. The Morgan fingerprint density at radius 1 is 1.20 bits per heavy atom. The van der Waals surface area contributed by atoms with Gasteiger partial charge in [0.25, 0.3) is 5.91 Å². The summed E-state index contributed by atoms with van der Waals surface area (Å²) in [7, 11) is 0. The van der Waals surface area contributed by atoms with Crippen molar-refractivity contribution >= 4 is 17.3 Å². The smallest absolute Gasteiger partial charge is 0.274 e. The molecule has 5 nitrogen and oxygen atoms in total. The maximum Gasteiger partial charge on any atom is 0.274 e. The molecule has 0 aliphatic heterocycles. The van der Waals surface area contributed by atoms with Crippen molar-refractivity contribution in [1.82, 2.24) is 9.97 Å². The van der Waals surface area contributed by atoms with E-state index in [-0.39, 0.29) is 5.91 Å². The quantitative estimate of drug-likeness (QED) is 0.876. The molecule has 2 aromatic rings. The molecule has 0 saturated carbocycles. The van der Waals surface area contributed by atoms with Gasteiger partial charge < -0.3 is 10.6 Å². The van der Waals surface area contributed by atoms with E-state index < -0.39 is 0 Å². The van der Waals surface area contributed by atoms with Crippen molar-refractivity contribution in [3.63, 3.8) is 0 Å². The van der Waals surface area contributed by atoms with Crippen molar-refractivity contribution in [3.05, 3.63) is 48.0 Å². The Bertz CT molecular complexity index is 581. The van der Waals surface area contributed by atoms with E-state index in [1.54, 1.807) is 24.5 Å². The molecule has 2 rings (SSSR count). The van der Waals surface area contributed by atoms with Crippen LogP contribution >= 0.6 is 0 Å². The van der Waals surface area contributed by atoms with Gasteiger partial charge in [-0.25, -0.2) is 4.98 Å². The molecule has 0 aliphatic rings. The number of nitrogens with one attached hydrogen (secondary N) is 2. The number of carbonyl (C=O) groups is 1. The van der Waals surface area contributed by atoms with Crippen LogP contribution in [-0.4, -0.2) is 22.4 Å². The van der Waals surface area contributed by atoms with Gasteiger partial charge in [-0.2, -0.15) is 0 Å². The maximum absolute atomic E-state index is 12.0. The minimum absolute atomic E-state index is 0.224. The SMILES string of the molecule is CCCNc1ccc(C(=O)Nc2ccnc(C)c2)nc1. The molecule has 0 spiro atoms. The van der Waals surface area contributed by atoms with Crippen LogP contribution in [0.5, 0.6) is 0 Å². The predicted molar refractivity (Wildman–Crippen MR) is 79.9 cm³/mol. The third kappa shape index (κ3) is 3.78. The number of aromatic nitrogens is 2. The van der Waals surface area contributed by atoms with E-state index in [0.29, 0.717) is 5.69 Å². The summed E-state index contributed by atoms with van der Waals surface area (Å²) >= 11 is 0. The molecule has 0 aromatic carbocycles. The zero-order valence-electron chi connectivity index (χ0n) is 11.7. The number of amides is 1. The van der Waals surface area contributed by atoms with Gasteiger partial charge in [0.15, 0.2) is 0 Å². The molecule has 0 aliphatic carbocycles. The normalized spacial score (nSPS) is 10.1.